The highest BCUT2D eigenvalue weighted by Crippen LogP contribution is 2.38. The fourth-order valence-corrected chi connectivity index (χ4v) is 4.83. The molecule has 1 aromatic heterocycles. The van der Waals surface area contributed by atoms with Crippen LogP contribution in [0.3, 0.4) is 0 Å². The van der Waals surface area contributed by atoms with Crippen molar-refractivity contribution in [2.45, 2.75) is 58.4 Å². The first-order valence-corrected chi connectivity index (χ1v) is 12.9. The van der Waals surface area contributed by atoms with Crippen LogP contribution in [0.25, 0.3) is 11.3 Å². The molecule has 0 saturated heterocycles. The van der Waals surface area contributed by atoms with Crippen molar-refractivity contribution in [2.75, 3.05) is 5.32 Å². The second-order valence-corrected chi connectivity index (χ2v) is 10.4. The van der Waals surface area contributed by atoms with Crippen LogP contribution in [0.2, 0.25) is 10.0 Å². The van der Waals surface area contributed by atoms with E-state index in [0.29, 0.717) is 33.4 Å². The van der Waals surface area contributed by atoms with Crippen molar-refractivity contribution >= 4 is 40.8 Å². The van der Waals surface area contributed by atoms with E-state index in [4.69, 9.17) is 23.2 Å². The standard InChI is InChI=1S/C27H30Cl2N4O3/c1-16(2)11-26(35)31-19-8-10-25(34)20(13-19)23-14-24(18-5-3-4-6-18)33(32-23)27(36)30-15-17-7-9-21(28)22(29)12-17/h7-10,12-14,16,18,34H,3-6,11,15H2,1-2H3,(H,30,36)(H,31,35). The van der Waals surface area contributed by atoms with Gasteiger partial charge < -0.3 is 15.7 Å². The smallest absolute Gasteiger partial charge is 0.342 e. The number of phenolic OH excluding ortho intramolecular Hbond substituents is 1. The van der Waals surface area contributed by atoms with Gasteiger partial charge in [-0.1, -0.05) is 56.0 Å². The number of aromatic nitrogens is 2. The molecule has 0 radical (unpaired) electrons. The van der Waals surface area contributed by atoms with Gasteiger partial charge in [0, 0.05) is 30.1 Å². The third-order valence-corrected chi connectivity index (χ3v) is 7.02. The average Bonchev–Trinajstić information content (AvgIpc) is 3.50. The molecule has 0 aliphatic heterocycles. The molecule has 1 fully saturated rings. The summed E-state index contributed by atoms with van der Waals surface area (Å²) >= 11 is 12.1. The van der Waals surface area contributed by atoms with Gasteiger partial charge in [0.1, 0.15) is 5.75 Å². The van der Waals surface area contributed by atoms with E-state index in [1.54, 1.807) is 30.3 Å². The largest absolute Gasteiger partial charge is 0.507 e. The summed E-state index contributed by atoms with van der Waals surface area (Å²) in [5.74, 6) is 0.364. The predicted octanol–water partition coefficient (Wildman–Crippen LogP) is 6.96. The zero-order valence-corrected chi connectivity index (χ0v) is 21.9. The summed E-state index contributed by atoms with van der Waals surface area (Å²) in [6, 6.07) is 11.6. The van der Waals surface area contributed by atoms with Crippen molar-refractivity contribution in [3.05, 3.63) is 63.8 Å². The maximum absolute atomic E-state index is 13.2. The molecule has 1 aliphatic rings. The van der Waals surface area contributed by atoms with Crippen molar-refractivity contribution in [2.24, 2.45) is 5.92 Å². The summed E-state index contributed by atoms with van der Waals surface area (Å²) in [7, 11) is 0. The molecule has 190 valence electrons. The molecular weight excluding hydrogens is 499 g/mol. The van der Waals surface area contributed by atoms with Crippen LogP contribution < -0.4 is 10.6 Å². The van der Waals surface area contributed by atoms with Crippen molar-refractivity contribution in [3.63, 3.8) is 0 Å². The number of nitrogens with one attached hydrogen (secondary N) is 2. The van der Waals surface area contributed by atoms with Crippen molar-refractivity contribution in [1.29, 1.82) is 0 Å². The molecule has 1 heterocycles. The summed E-state index contributed by atoms with van der Waals surface area (Å²) in [5.41, 5.74) is 3.11. The topological polar surface area (TPSA) is 96.2 Å². The molecule has 0 atom stereocenters. The fraction of sp³-hybridized carbons (Fsp3) is 0.370. The number of benzene rings is 2. The Morgan fingerprint density at radius 1 is 1.08 bits per heavy atom. The maximum Gasteiger partial charge on any atom is 0.342 e. The minimum Gasteiger partial charge on any atom is -0.507 e. The Morgan fingerprint density at radius 2 is 1.83 bits per heavy atom. The SMILES string of the molecule is CC(C)CC(=O)Nc1ccc(O)c(-c2cc(C3CCCC3)n(C(=O)NCc3ccc(Cl)c(Cl)c3)n2)c1. The van der Waals surface area contributed by atoms with E-state index in [1.165, 1.54) is 10.7 Å². The van der Waals surface area contributed by atoms with Gasteiger partial charge in [-0.05, 0) is 60.7 Å². The van der Waals surface area contributed by atoms with Crippen LogP contribution in [0.5, 0.6) is 5.75 Å². The highest BCUT2D eigenvalue weighted by atomic mass is 35.5. The van der Waals surface area contributed by atoms with Gasteiger partial charge in [0.05, 0.1) is 21.4 Å². The third-order valence-electron chi connectivity index (χ3n) is 6.28. The number of nitrogens with zero attached hydrogens (tertiary/aromatic N) is 2. The molecule has 2 aromatic carbocycles. The summed E-state index contributed by atoms with van der Waals surface area (Å²) in [6.07, 6.45) is 4.54. The molecule has 1 saturated carbocycles. The van der Waals surface area contributed by atoms with Crippen molar-refractivity contribution < 1.29 is 14.7 Å². The number of aromatic hydroxyl groups is 1. The Bertz CT molecular complexity index is 1270. The van der Waals surface area contributed by atoms with E-state index in [-0.39, 0.29) is 36.1 Å². The van der Waals surface area contributed by atoms with E-state index < -0.39 is 0 Å². The minimum absolute atomic E-state index is 0.0238. The molecular formula is C27H30Cl2N4O3. The lowest BCUT2D eigenvalue weighted by Crippen LogP contribution is -2.30. The average molecular weight is 529 g/mol. The molecule has 36 heavy (non-hydrogen) atoms. The van der Waals surface area contributed by atoms with E-state index in [2.05, 4.69) is 15.7 Å². The lowest BCUT2D eigenvalue weighted by molar-refractivity contribution is -0.116. The number of amides is 2. The van der Waals surface area contributed by atoms with Crippen LogP contribution in [0.15, 0.2) is 42.5 Å². The maximum atomic E-state index is 13.2. The van der Waals surface area contributed by atoms with Crippen molar-refractivity contribution in [1.82, 2.24) is 15.1 Å². The molecule has 9 heteroatoms. The summed E-state index contributed by atoms with van der Waals surface area (Å²) in [5, 5.41) is 21.8. The number of carbonyl (C=O) groups is 2. The molecule has 4 rings (SSSR count). The van der Waals surface area contributed by atoms with Gasteiger partial charge in [-0.25, -0.2) is 4.79 Å². The lowest BCUT2D eigenvalue weighted by atomic mass is 10.0. The first kappa shape index (κ1) is 26.0. The monoisotopic (exact) mass is 528 g/mol. The van der Waals surface area contributed by atoms with Gasteiger partial charge >= 0.3 is 6.03 Å². The minimum atomic E-state index is -0.366. The number of carbonyl (C=O) groups excluding carboxylic acids is 2. The Morgan fingerprint density at radius 3 is 2.53 bits per heavy atom. The van der Waals surface area contributed by atoms with E-state index in [1.807, 2.05) is 19.9 Å². The normalized spacial score (nSPS) is 13.8. The number of halogens is 2. The Labute approximate surface area is 220 Å². The van der Waals surface area contributed by atoms with E-state index in [0.717, 1.165) is 36.9 Å². The zero-order chi connectivity index (χ0) is 25.8. The number of hydrogen-bond acceptors (Lipinski definition) is 4. The summed E-state index contributed by atoms with van der Waals surface area (Å²) < 4.78 is 1.40. The molecule has 3 N–H and O–H groups in total. The first-order valence-electron chi connectivity index (χ1n) is 12.2. The summed E-state index contributed by atoms with van der Waals surface area (Å²) in [6.45, 7) is 4.22. The molecule has 0 bridgehead atoms. The number of rotatable bonds is 7. The number of hydrogen-bond donors (Lipinski definition) is 3. The Kier molecular flexibility index (Phi) is 8.21. The molecule has 0 unspecified atom stereocenters. The molecule has 2 amide bonds. The van der Waals surface area contributed by atoms with Gasteiger partial charge in [0.2, 0.25) is 5.91 Å². The van der Waals surface area contributed by atoms with E-state index >= 15 is 0 Å². The second kappa shape index (κ2) is 11.4. The fourth-order valence-electron chi connectivity index (χ4n) is 4.51. The molecule has 3 aromatic rings. The van der Waals surface area contributed by atoms with Crippen LogP contribution in [-0.2, 0) is 11.3 Å². The second-order valence-electron chi connectivity index (χ2n) is 9.63. The highest BCUT2D eigenvalue weighted by Gasteiger charge is 2.26. The molecule has 1 aliphatic carbocycles. The van der Waals surface area contributed by atoms with Crippen LogP contribution in [0, 0.1) is 5.92 Å². The van der Waals surface area contributed by atoms with Gasteiger partial charge in [-0.15, -0.1) is 0 Å². The lowest BCUT2D eigenvalue weighted by Gasteiger charge is -2.12. The van der Waals surface area contributed by atoms with Crippen LogP contribution in [-0.4, -0.2) is 26.8 Å². The summed E-state index contributed by atoms with van der Waals surface area (Å²) in [4.78, 5) is 25.4. The Hall–Kier alpha value is -3.03. The van der Waals surface area contributed by atoms with Gasteiger partial charge in [0.25, 0.3) is 0 Å². The Balaban J connectivity index is 1.61. The molecule has 7 nitrogen and oxygen atoms in total. The van der Waals surface area contributed by atoms with Gasteiger partial charge in [-0.3, -0.25) is 4.79 Å². The van der Waals surface area contributed by atoms with Gasteiger partial charge in [0.15, 0.2) is 0 Å². The van der Waals surface area contributed by atoms with Crippen LogP contribution in [0.4, 0.5) is 10.5 Å². The highest BCUT2D eigenvalue weighted by molar-refractivity contribution is 6.42. The van der Waals surface area contributed by atoms with Crippen LogP contribution >= 0.6 is 23.2 Å². The number of anilines is 1. The van der Waals surface area contributed by atoms with E-state index in [9.17, 15) is 14.7 Å². The third kappa shape index (κ3) is 6.20. The van der Waals surface area contributed by atoms with Crippen molar-refractivity contribution in [3.8, 4) is 17.0 Å². The zero-order valence-electron chi connectivity index (χ0n) is 20.4. The quantitative estimate of drug-likeness (QED) is 0.288. The predicted molar refractivity (Wildman–Crippen MR) is 143 cm³/mol. The van der Waals surface area contributed by atoms with Gasteiger partial charge in [-0.2, -0.15) is 9.78 Å². The number of phenols is 1. The molecule has 0 spiro atoms. The first-order chi connectivity index (χ1) is 17.2. The van der Waals surface area contributed by atoms with Crippen LogP contribution in [0.1, 0.15) is 63.1 Å².